The summed E-state index contributed by atoms with van der Waals surface area (Å²) in [5.74, 6) is 0. The number of hydrogen-bond acceptors (Lipinski definition) is 3. The molecule has 4 heteroatoms. The molecule has 45 heavy (non-hydrogen) atoms. The van der Waals surface area contributed by atoms with Gasteiger partial charge in [-0.15, -0.1) is 8.58 Å². The van der Waals surface area contributed by atoms with Gasteiger partial charge in [0.1, 0.15) is 6.10 Å². The molecule has 3 nitrogen and oxygen atoms in total. The van der Waals surface area contributed by atoms with Gasteiger partial charge in [-0.25, -0.2) is 0 Å². The molecule has 2 unspecified atom stereocenters. The lowest BCUT2D eigenvalue weighted by molar-refractivity contribution is -0.0185. The zero-order chi connectivity index (χ0) is 33.3. The minimum absolute atomic E-state index is 0.349. The van der Waals surface area contributed by atoms with Crippen molar-refractivity contribution in [1.82, 2.24) is 0 Å². The predicted molar refractivity (Wildman–Crippen MR) is 207 cm³/mol. The molecule has 2 atom stereocenters. The summed E-state index contributed by atoms with van der Waals surface area (Å²) in [4.78, 5) is 0. The molecule has 0 saturated heterocycles. The van der Waals surface area contributed by atoms with E-state index in [-0.39, 0.29) is 6.61 Å². The molecule has 0 aliphatic heterocycles. The monoisotopic (exact) mass is 659 g/mol. The average molecular weight is 659 g/mol. The molecule has 0 radical (unpaired) electrons. The Hall–Kier alpha value is 0.310. The van der Waals surface area contributed by atoms with Gasteiger partial charge in [0.05, 0.1) is 12.7 Å². The lowest BCUT2D eigenvalue weighted by Crippen LogP contribution is -2.28. The maximum absolute atomic E-state index is 9.38. The highest BCUT2D eigenvalue weighted by molar-refractivity contribution is 7.37. The van der Waals surface area contributed by atoms with Gasteiger partial charge < -0.3 is 15.3 Å². The van der Waals surface area contributed by atoms with Crippen molar-refractivity contribution >= 4 is 8.58 Å². The first kappa shape index (κ1) is 47.4. The Morgan fingerprint density at radius 3 is 0.844 bits per heavy atom. The summed E-state index contributed by atoms with van der Waals surface area (Å²) in [5, 5.41) is 27.1. The topological polar surface area (TPSA) is 60.7 Å². The van der Waals surface area contributed by atoms with Crippen molar-refractivity contribution in [2.24, 2.45) is 0 Å². The van der Waals surface area contributed by atoms with E-state index in [2.05, 4.69) is 20.8 Å². The fraction of sp³-hybridized carbons (Fsp3) is 1.00. The molecule has 0 aromatic carbocycles. The average Bonchev–Trinajstić information content (AvgIpc) is 3.05. The molecule has 0 rings (SSSR count). The van der Waals surface area contributed by atoms with Crippen molar-refractivity contribution in [3.05, 3.63) is 0 Å². The Bertz CT molecular complexity index is 463. The van der Waals surface area contributed by atoms with Gasteiger partial charge in [0, 0.05) is 0 Å². The number of rotatable bonds is 37. The highest BCUT2D eigenvalue weighted by Gasteiger charge is 2.13. The van der Waals surface area contributed by atoms with Crippen molar-refractivity contribution in [3.8, 4) is 0 Å². The Morgan fingerprint density at radius 2 is 0.578 bits per heavy atom. The van der Waals surface area contributed by atoms with Gasteiger partial charge in [-0.3, -0.25) is 0 Å². The van der Waals surface area contributed by atoms with Crippen LogP contribution in [-0.2, 0) is 0 Å². The van der Waals surface area contributed by atoms with Crippen LogP contribution in [0.25, 0.3) is 0 Å². The van der Waals surface area contributed by atoms with Gasteiger partial charge in [-0.2, -0.15) is 0 Å². The Kier molecular flexibility index (Phi) is 46.7. The van der Waals surface area contributed by atoms with E-state index in [1.54, 1.807) is 0 Å². The highest BCUT2D eigenvalue weighted by atomic mass is 31.1. The molecule has 0 fully saturated rings. The summed E-state index contributed by atoms with van der Waals surface area (Å²) in [6, 6.07) is 0. The molecule has 0 aromatic rings. The van der Waals surface area contributed by atoms with Gasteiger partial charge in [0.2, 0.25) is 0 Å². The molecule has 0 heterocycles. The van der Waals surface area contributed by atoms with Crippen LogP contribution in [0.2, 0.25) is 0 Å². The van der Waals surface area contributed by atoms with Crippen molar-refractivity contribution in [2.75, 3.05) is 18.9 Å². The molecule has 0 aliphatic carbocycles. The van der Waals surface area contributed by atoms with E-state index in [0.717, 1.165) is 12.8 Å². The summed E-state index contributed by atoms with van der Waals surface area (Å²) < 4.78 is 0. The number of unbranched alkanes of at least 4 members (excludes halogenated alkanes) is 29. The Morgan fingerprint density at radius 1 is 0.333 bits per heavy atom. The predicted octanol–water partition coefficient (Wildman–Crippen LogP) is 13.3. The van der Waals surface area contributed by atoms with Crippen LogP contribution in [0.5, 0.6) is 0 Å². The van der Waals surface area contributed by atoms with Gasteiger partial charge in [-0.1, -0.05) is 213 Å². The highest BCUT2D eigenvalue weighted by Crippen LogP contribution is 2.19. The molecule has 274 valence electrons. The minimum Gasteiger partial charge on any atom is -0.394 e. The second-order valence-corrected chi connectivity index (χ2v) is 15.6. The standard InChI is InChI=1S/C28H59P.C13H28O3/c1-3-5-7-9-11-13-15-17-19-21-23-25-27-29-28-26-24-22-20-18-16-14-12-10-8-6-4-2;1-2-3-4-5-6-7-8-9-10-12(15)13(16)11-14/h29H,3-28H2,1-2H3;12-16H,2-11H2,1H3. The van der Waals surface area contributed by atoms with Crippen LogP contribution in [-0.4, -0.2) is 46.5 Å². The van der Waals surface area contributed by atoms with E-state index < -0.39 is 12.2 Å². The van der Waals surface area contributed by atoms with Crippen LogP contribution in [0.15, 0.2) is 0 Å². The third kappa shape index (κ3) is 44.3. The lowest BCUT2D eigenvalue weighted by Gasteiger charge is -2.14. The Labute approximate surface area is 287 Å². The van der Waals surface area contributed by atoms with E-state index in [1.807, 2.05) is 0 Å². The molecule has 0 aliphatic rings. The quantitative estimate of drug-likeness (QED) is 0.0460. The number of hydrogen-bond donors (Lipinski definition) is 3. The van der Waals surface area contributed by atoms with Crippen LogP contribution in [0.3, 0.4) is 0 Å². The van der Waals surface area contributed by atoms with Crippen LogP contribution >= 0.6 is 8.58 Å². The van der Waals surface area contributed by atoms with Crippen LogP contribution < -0.4 is 0 Å². The minimum atomic E-state index is -0.968. The number of aliphatic hydroxyl groups excluding tert-OH is 3. The first-order valence-corrected chi connectivity index (χ1v) is 22.2. The molecule has 0 bridgehead atoms. The van der Waals surface area contributed by atoms with Gasteiger partial charge >= 0.3 is 0 Å². The van der Waals surface area contributed by atoms with Crippen LogP contribution in [0.4, 0.5) is 0 Å². The maximum Gasteiger partial charge on any atom is 0.103 e. The van der Waals surface area contributed by atoms with Crippen molar-refractivity contribution < 1.29 is 15.3 Å². The van der Waals surface area contributed by atoms with E-state index in [0.29, 0.717) is 6.42 Å². The van der Waals surface area contributed by atoms with Crippen molar-refractivity contribution in [2.45, 2.75) is 245 Å². The fourth-order valence-electron chi connectivity index (χ4n) is 6.11. The number of aliphatic hydroxyl groups is 3. The molecule has 0 spiro atoms. The van der Waals surface area contributed by atoms with Crippen molar-refractivity contribution in [3.63, 3.8) is 0 Å². The summed E-state index contributed by atoms with van der Waals surface area (Å²) in [6.45, 7) is 6.48. The van der Waals surface area contributed by atoms with Crippen LogP contribution in [0.1, 0.15) is 233 Å². The molecule has 3 N–H and O–H groups in total. The molecular weight excluding hydrogens is 571 g/mol. The van der Waals surface area contributed by atoms with Gasteiger partial charge in [-0.05, 0) is 31.6 Å². The zero-order valence-corrected chi connectivity index (χ0v) is 32.5. The largest absolute Gasteiger partial charge is 0.394 e. The molecule has 0 saturated carbocycles. The van der Waals surface area contributed by atoms with Crippen molar-refractivity contribution in [1.29, 1.82) is 0 Å². The molecule has 0 amide bonds. The van der Waals surface area contributed by atoms with E-state index in [1.165, 1.54) is 214 Å². The SMILES string of the molecule is CCCCCCCCCCC(O)C(O)CO.CCCCCCCCCCCCCCPCCCCCCCCCCCCCC. The first-order chi connectivity index (χ1) is 22.1. The smallest absolute Gasteiger partial charge is 0.103 e. The lowest BCUT2D eigenvalue weighted by atomic mass is 10.0. The summed E-state index contributed by atoms with van der Waals surface area (Å²) in [5.41, 5.74) is 0. The normalized spacial score (nSPS) is 12.7. The Balaban J connectivity index is 0. The third-order valence-electron chi connectivity index (χ3n) is 9.40. The summed E-state index contributed by atoms with van der Waals surface area (Å²) in [7, 11) is 1.26. The molecular formula is C41H87O3P. The second-order valence-electron chi connectivity index (χ2n) is 14.1. The second kappa shape index (κ2) is 44.3. The van der Waals surface area contributed by atoms with Gasteiger partial charge in [0.15, 0.2) is 0 Å². The van der Waals surface area contributed by atoms with Crippen LogP contribution in [0, 0.1) is 0 Å². The zero-order valence-electron chi connectivity index (χ0n) is 31.5. The summed E-state index contributed by atoms with van der Waals surface area (Å²) in [6.07, 6.45) is 47.2. The summed E-state index contributed by atoms with van der Waals surface area (Å²) >= 11 is 0. The van der Waals surface area contributed by atoms with E-state index >= 15 is 0 Å². The van der Waals surface area contributed by atoms with Gasteiger partial charge in [0.25, 0.3) is 0 Å². The first-order valence-electron chi connectivity index (χ1n) is 20.8. The molecule has 0 aromatic heterocycles. The van der Waals surface area contributed by atoms with E-state index in [4.69, 9.17) is 10.2 Å². The fourth-order valence-corrected chi connectivity index (χ4v) is 7.36. The van der Waals surface area contributed by atoms with E-state index in [9.17, 15) is 5.11 Å². The third-order valence-corrected chi connectivity index (χ3v) is 10.8. The maximum atomic E-state index is 9.38.